The zero-order valence-corrected chi connectivity index (χ0v) is 23.2. The lowest BCUT2D eigenvalue weighted by Crippen LogP contribution is -2.48. The molecule has 5 rings (SSSR count). The van der Waals surface area contributed by atoms with Crippen LogP contribution in [-0.2, 0) is 10.0 Å². The molecule has 0 radical (unpaired) electrons. The van der Waals surface area contributed by atoms with Crippen LogP contribution in [0.2, 0.25) is 0 Å². The quantitative estimate of drug-likeness (QED) is 0.492. The number of carbonyl (C=O) groups is 1. The van der Waals surface area contributed by atoms with E-state index >= 15 is 0 Å². The summed E-state index contributed by atoms with van der Waals surface area (Å²) in [6.07, 6.45) is 2.87. The molecule has 3 heterocycles. The van der Waals surface area contributed by atoms with Gasteiger partial charge < -0.3 is 10.2 Å². The Bertz CT molecular complexity index is 1360. The average Bonchev–Trinajstić information content (AvgIpc) is 3.34. The van der Waals surface area contributed by atoms with Gasteiger partial charge in [0.1, 0.15) is 0 Å². The van der Waals surface area contributed by atoms with Crippen LogP contribution in [0.4, 0.5) is 5.13 Å². The molecule has 2 aliphatic rings. The largest absolute Gasteiger partial charge is 0.351 e. The predicted octanol–water partition coefficient (Wildman–Crippen LogP) is 3.64. The minimum absolute atomic E-state index is 0.180. The van der Waals surface area contributed by atoms with E-state index in [9.17, 15) is 13.2 Å². The fourth-order valence-electron chi connectivity index (χ4n) is 5.13. The molecule has 0 saturated carbocycles. The van der Waals surface area contributed by atoms with Gasteiger partial charge in [-0.2, -0.15) is 4.31 Å². The summed E-state index contributed by atoms with van der Waals surface area (Å²) in [5.41, 5.74) is 4.09. The molecule has 0 atom stereocenters. The summed E-state index contributed by atoms with van der Waals surface area (Å²) in [7, 11) is -3.49. The smallest absolute Gasteiger partial charge is 0.251 e. The molecule has 3 aromatic rings. The molecule has 0 aliphatic carbocycles. The van der Waals surface area contributed by atoms with Gasteiger partial charge in [-0.3, -0.25) is 9.69 Å². The van der Waals surface area contributed by atoms with Crippen LogP contribution in [0.25, 0.3) is 10.2 Å². The highest BCUT2D eigenvalue weighted by atomic mass is 32.2. The number of sulfonamides is 1. The molecule has 0 bridgehead atoms. The fraction of sp³-hybridized carbons (Fsp3) is 0.481. The summed E-state index contributed by atoms with van der Waals surface area (Å²) in [6.45, 7) is 10.4. The first-order valence-electron chi connectivity index (χ1n) is 13.0. The molecule has 1 N–H and O–H groups in total. The number of piperazine rings is 1. The van der Waals surface area contributed by atoms with Crippen molar-refractivity contribution in [2.24, 2.45) is 0 Å². The molecular formula is C27H35N5O3S2. The van der Waals surface area contributed by atoms with E-state index in [4.69, 9.17) is 4.98 Å². The zero-order chi connectivity index (χ0) is 26.0. The molecule has 0 unspecified atom stereocenters. The van der Waals surface area contributed by atoms with Crippen molar-refractivity contribution in [3.8, 4) is 0 Å². The number of rotatable bonds is 7. The molecule has 0 spiro atoms. The van der Waals surface area contributed by atoms with E-state index in [0.717, 1.165) is 62.6 Å². The molecule has 2 aliphatic heterocycles. The second-order valence-corrected chi connectivity index (χ2v) is 12.9. The third-order valence-corrected chi connectivity index (χ3v) is 10.4. The number of anilines is 1. The number of aromatic nitrogens is 1. The van der Waals surface area contributed by atoms with Crippen molar-refractivity contribution in [3.63, 3.8) is 0 Å². The summed E-state index contributed by atoms with van der Waals surface area (Å²) in [5.74, 6) is -0.180. The Balaban J connectivity index is 1.09. The number of piperidine rings is 1. The third kappa shape index (κ3) is 5.82. The Morgan fingerprint density at radius 3 is 2.38 bits per heavy atom. The molecule has 2 fully saturated rings. The summed E-state index contributed by atoms with van der Waals surface area (Å²) < 4.78 is 28.4. The van der Waals surface area contributed by atoms with Gasteiger partial charge in [-0.25, -0.2) is 13.4 Å². The van der Waals surface area contributed by atoms with Gasteiger partial charge in [0.05, 0.1) is 15.1 Å². The Labute approximate surface area is 223 Å². The molecule has 10 heteroatoms. The number of carbonyl (C=O) groups excluding carboxylic acids is 1. The maximum atomic E-state index is 12.8. The van der Waals surface area contributed by atoms with Gasteiger partial charge in [0, 0.05) is 57.9 Å². The highest BCUT2D eigenvalue weighted by Crippen LogP contribution is 2.32. The lowest BCUT2D eigenvalue weighted by atomic mass is 10.1. The average molecular weight is 542 g/mol. The van der Waals surface area contributed by atoms with Crippen molar-refractivity contribution in [2.45, 2.75) is 38.0 Å². The second kappa shape index (κ2) is 11.1. The monoisotopic (exact) mass is 541 g/mol. The molecule has 1 aromatic heterocycles. The SMILES string of the molecule is Cc1cc(C)c2sc(N3CCN(CCNC(=O)c4ccc(S(=O)(=O)N5CCCCC5)cc4)CC3)nc2c1. The van der Waals surface area contributed by atoms with Crippen molar-refractivity contribution in [2.75, 3.05) is 57.3 Å². The summed E-state index contributed by atoms with van der Waals surface area (Å²) in [5, 5.41) is 4.06. The van der Waals surface area contributed by atoms with Gasteiger partial charge in [-0.15, -0.1) is 0 Å². The number of nitrogens with one attached hydrogen (secondary N) is 1. The van der Waals surface area contributed by atoms with Gasteiger partial charge in [-0.05, 0) is 68.1 Å². The summed E-state index contributed by atoms with van der Waals surface area (Å²) in [6, 6.07) is 10.7. The number of hydrogen-bond acceptors (Lipinski definition) is 7. The molecule has 2 saturated heterocycles. The Morgan fingerprint density at radius 1 is 0.973 bits per heavy atom. The molecule has 37 heavy (non-hydrogen) atoms. The first kappa shape index (κ1) is 26.1. The lowest BCUT2D eigenvalue weighted by molar-refractivity contribution is 0.0947. The van der Waals surface area contributed by atoms with E-state index in [1.54, 1.807) is 39.9 Å². The van der Waals surface area contributed by atoms with Crippen molar-refractivity contribution in [1.82, 2.24) is 19.5 Å². The third-order valence-electron chi connectivity index (χ3n) is 7.23. The fourth-order valence-corrected chi connectivity index (χ4v) is 7.71. The van der Waals surface area contributed by atoms with Crippen molar-refractivity contribution in [1.29, 1.82) is 0 Å². The van der Waals surface area contributed by atoms with Crippen molar-refractivity contribution >= 4 is 42.6 Å². The van der Waals surface area contributed by atoms with E-state index in [1.165, 1.54) is 15.8 Å². The highest BCUT2D eigenvalue weighted by Gasteiger charge is 2.26. The van der Waals surface area contributed by atoms with Crippen LogP contribution in [-0.4, -0.2) is 80.9 Å². The second-order valence-electron chi connectivity index (χ2n) is 10.0. The van der Waals surface area contributed by atoms with Crippen LogP contribution in [0.3, 0.4) is 0 Å². The lowest BCUT2D eigenvalue weighted by Gasteiger charge is -2.34. The maximum Gasteiger partial charge on any atom is 0.251 e. The van der Waals surface area contributed by atoms with Crippen LogP contribution in [0.1, 0.15) is 40.7 Å². The van der Waals surface area contributed by atoms with Gasteiger partial charge in [-0.1, -0.05) is 23.8 Å². The molecule has 1 amide bonds. The van der Waals surface area contributed by atoms with Crippen LogP contribution < -0.4 is 10.2 Å². The van der Waals surface area contributed by atoms with Gasteiger partial charge in [0.25, 0.3) is 5.91 Å². The number of hydrogen-bond donors (Lipinski definition) is 1. The minimum Gasteiger partial charge on any atom is -0.351 e. The Morgan fingerprint density at radius 2 is 1.68 bits per heavy atom. The van der Waals surface area contributed by atoms with E-state index in [-0.39, 0.29) is 10.8 Å². The zero-order valence-electron chi connectivity index (χ0n) is 21.6. The van der Waals surface area contributed by atoms with Gasteiger partial charge >= 0.3 is 0 Å². The highest BCUT2D eigenvalue weighted by molar-refractivity contribution is 7.89. The normalized spacial score (nSPS) is 17.8. The number of aryl methyl sites for hydroxylation is 2. The van der Waals surface area contributed by atoms with E-state index in [0.29, 0.717) is 25.2 Å². The van der Waals surface area contributed by atoms with Crippen LogP contribution in [0, 0.1) is 13.8 Å². The number of thiazole rings is 1. The van der Waals surface area contributed by atoms with E-state index in [1.807, 2.05) is 0 Å². The van der Waals surface area contributed by atoms with Gasteiger partial charge in [0.2, 0.25) is 10.0 Å². The minimum atomic E-state index is -3.49. The maximum absolute atomic E-state index is 12.8. The Hall–Kier alpha value is -2.53. The molecule has 2 aromatic carbocycles. The number of nitrogens with zero attached hydrogens (tertiary/aromatic N) is 4. The van der Waals surface area contributed by atoms with Gasteiger partial charge in [0.15, 0.2) is 5.13 Å². The molecule has 8 nitrogen and oxygen atoms in total. The van der Waals surface area contributed by atoms with E-state index in [2.05, 4.69) is 41.1 Å². The Kier molecular flexibility index (Phi) is 7.80. The topological polar surface area (TPSA) is 85.8 Å². The van der Waals surface area contributed by atoms with Crippen LogP contribution in [0.5, 0.6) is 0 Å². The number of fused-ring (bicyclic) bond motifs is 1. The first-order valence-corrected chi connectivity index (χ1v) is 15.3. The van der Waals surface area contributed by atoms with Crippen molar-refractivity contribution in [3.05, 3.63) is 53.1 Å². The van der Waals surface area contributed by atoms with Crippen molar-refractivity contribution < 1.29 is 13.2 Å². The number of benzene rings is 2. The predicted molar refractivity (Wildman–Crippen MR) is 149 cm³/mol. The molecule has 198 valence electrons. The first-order chi connectivity index (χ1) is 17.8. The number of amides is 1. The summed E-state index contributed by atoms with van der Waals surface area (Å²) in [4.78, 5) is 22.5. The standard InChI is InChI=1S/C27H35N5O3S2/c1-20-18-21(2)25-24(19-20)29-27(36-25)31-16-14-30(15-17-31)13-10-28-26(33)22-6-8-23(9-7-22)37(34,35)32-11-4-3-5-12-32/h6-9,18-19H,3-5,10-17H2,1-2H3,(H,28,33). The molecular weight excluding hydrogens is 506 g/mol. The van der Waals surface area contributed by atoms with Crippen LogP contribution in [0.15, 0.2) is 41.3 Å². The van der Waals surface area contributed by atoms with Crippen LogP contribution >= 0.6 is 11.3 Å². The summed E-state index contributed by atoms with van der Waals surface area (Å²) >= 11 is 1.77. The van der Waals surface area contributed by atoms with E-state index < -0.39 is 10.0 Å².